The van der Waals surface area contributed by atoms with E-state index in [1.54, 1.807) is 0 Å². The molecule has 10 heteroatoms. The first-order valence-electron chi connectivity index (χ1n) is 6.33. The highest BCUT2D eigenvalue weighted by Crippen LogP contribution is 2.29. The van der Waals surface area contributed by atoms with Crippen molar-refractivity contribution in [3.8, 4) is 0 Å². The lowest BCUT2D eigenvalue weighted by atomic mass is 10.0. The van der Waals surface area contributed by atoms with E-state index in [1.165, 1.54) is 36.4 Å². The molecule has 0 spiro atoms. The van der Waals surface area contributed by atoms with Gasteiger partial charge in [-0.15, -0.1) is 0 Å². The fourth-order valence-corrected chi connectivity index (χ4v) is 3.18. The van der Waals surface area contributed by atoms with Gasteiger partial charge in [0.25, 0.3) is 0 Å². The lowest BCUT2D eigenvalue weighted by Gasteiger charge is -2.14. The molecule has 0 saturated heterocycles. The van der Waals surface area contributed by atoms with Gasteiger partial charge in [0.15, 0.2) is 10.9 Å². The van der Waals surface area contributed by atoms with Gasteiger partial charge in [-0.1, -0.05) is 29.3 Å². The van der Waals surface area contributed by atoms with Crippen molar-refractivity contribution in [1.29, 1.82) is 0 Å². The SMILES string of the molecule is NC(=S)Nc1cccc(S(N)(=O)=O)c1C(=O)c1ccc(Cl)c(Cl)c1. The maximum Gasteiger partial charge on any atom is 0.238 e. The Morgan fingerprint density at radius 3 is 2.33 bits per heavy atom. The minimum absolute atomic E-state index is 0.116. The third-order valence-corrected chi connectivity index (χ3v) is 4.79. The molecule has 0 bridgehead atoms. The number of thiocarbonyl (C=S) groups is 1. The second-order valence-corrected chi connectivity index (χ2v) is 7.46. The van der Waals surface area contributed by atoms with Gasteiger partial charge in [0.2, 0.25) is 10.0 Å². The quantitative estimate of drug-likeness (QED) is 0.533. The van der Waals surface area contributed by atoms with Crippen LogP contribution in [0, 0.1) is 0 Å². The summed E-state index contributed by atoms with van der Waals surface area (Å²) in [5.74, 6) is -0.628. The molecule has 2 aromatic carbocycles. The Labute approximate surface area is 153 Å². The van der Waals surface area contributed by atoms with Crippen LogP contribution in [0.1, 0.15) is 15.9 Å². The maximum absolute atomic E-state index is 12.8. The Hall–Kier alpha value is -1.71. The molecule has 0 aromatic heterocycles. The molecule has 2 aromatic rings. The number of anilines is 1. The topological polar surface area (TPSA) is 115 Å². The van der Waals surface area contributed by atoms with Crippen LogP contribution in [-0.4, -0.2) is 19.3 Å². The molecule has 126 valence electrons. The Balaban J connectivity index is 2.71. The van der Waals surface area contributed by atoms with Gasteiger partial charge in [0.05, 0.1) is 26.2 Å². The number of nitrogens with two attached hydrogens (primary N) is 2. The van der Waals surface area contributed by atoms with Gasteiger partial charge in [-0.25, -0.2) is 13.6 Å². The number of hydrogen-bond acceptors (Lipinski definition) is 4. The van der Waals surface area contributed by atoms with Crippen LogP contribution in [0.4, 0.5) is 5.69 Å². The number of ketones is 1. The van der Waals surface area contributed by atoms with Crippen LogP contribution in [0.15, 0.2) is 41.3 Å². The van der Waals surface area contributed by atoms with Crippen LogP contribution in [-0.2, 0) is 10.0 Å². The Bertz CT molecular complexity index is 946. The van der Waals surface area contributed by atoms with Crippen molar-refractivity contribution in [2.24, 2.45) is 10.9 Å². The Kier molecular flexibility index (Phi) is 5.46. The first-order chi connectivity index (χ1) is 11.1. The van der Waals surface area contributed by atoms with E-state index in [4.69, 9.17) is 46.3 Å². The minimum Gasteiger partial charge on any atom is -0.376 e. The van der Waals surface area contributed by atoms with Crippen molar-refractivity contribution < 1.29 is 13.2 Å². The van der Waals surface area contributed by atoms with Crippen molar-refractivity contribution in [3.63, 3.8) is 0 Å². The van der Waals surface area contributed by atoms with Crippen LogP contribution in [0.25, 0.3) is 0 Å². The van der Waals surface area contributed by atoms with Gasteiger partial charge in [0.1, 0.15) is 0 Å². The molecule has 5 N–H and O–H groups in total. The number of hydrogen-bond donors (Lipinski definition) is 3. The van der Waals surface area contributed by atoms with E-state index in [2.05, 4.69) is 5.32 Å². The molecule has 2 rings (SSSR count). The average Bonchev–Trinajstić information content (AvgIpc) is 2.47. The molecule has 6 nitrogen and oxygen atoms in total. The zero-order chi connectivity index (χ0) is 18.1. The molecule has 0 aliphatic rings. The largest absolute Gasteiger partial charge is 0.376 e. The highest BCUT2D eigenvalue weighted by Gasteiger charge is 2.24. The zero-order valence-corrected chi connectivity index (χ0v) is 15.1. The van der Waals surface area contributed by atoms with Gasteiger partial charge in [0, 0.05) is 5.56 Å². The smallest absolute Gasteiger partial charge is 0.238 e. The number of carbonyl (C=O) groups is 1. The van der Waals surface area contributed by atoms with Crippen molar-refractivity contribution >= 4 is 62.0 Å². The van der Waals surface area contributed by atoms with E-state index in [-0.39, 0.29) is 36.9 Å². The number of primary sulfonamides is 1. The second kappa shape index (κ2) is 7.04. The Morgan fingerprint density at radius 2 is 1.79 bits per heavy atom. The molecule has 0 radical (unpaired) electrons. The minimum atomic E-state index is -4.17. The molecule has 0 atom stereocenters. The van der Waals surface area contributed by atoms with Crippen LogP contribution in [0.2, 0.25) is 10.0 Å². The number of carbonyl (C=O) groups excluding carboxylic acids is 1. The summed E-state index contributed by atoms with van der Waals surface area (Å²) in [7, 11) is -4.17. The molecular formula is C14H11Cl2N3O3S2. The van der Waals surface area contributed by atoms with Crippen molar-refractivity contribution in [2.75, 3.05) is 5.32 Å². The van der Waals surface area contributed by atoms with E-state index in [1.807, 2.05) is 0 Å². The van der Waals surface area contributed by atoms with Crippen LogP contribution >= 0.6 is 35.4 Å². The van der Waals surface area contributed by atoms with Crippen LogP contribution < -0.4 is 16.2 Å². The van der Waals surface area contributed by atoms with Crippen LogP contribution in [0.5, 0.6) is 0 Å². The summed E-state index contributed by atoms with van der Waals surface area (Å²) in [6, 6.07) is 8.25. The molecule has 0 saturated carbocycles. The zero-order valence-electron chi connectivity index (χ0n) is 11.9. The summed E-state index contributed by atoms with van der Waals surface area (Å²) in [4.78, 5) is 12.5. The fourth-order valence-electron chi connectivity index (χ4n) is 2.02. The molecule has 0 unspecified atom stereocenters. The predicted molar refractivity (Wildman–Crippen MR) is 98.1 cm³/mol. The normalized spacial score (nSPS) is 11.1. The van der Waals surface area contributed by atoms with E-state index >= 15 is 0 Å². The summed E-state index contributed by atoms with van der Waals surface area (Å²) in [5.41, 5.74) is 5.48. The monoisotopic (exact) mass is 403 g/mol. The average molecular weight is 404 g/mol. The van der Waals surface area contributed by atoms with Gasteiger partial charge < -0.3 is 11.1 Å². The number of nitrogens with one attached hydrogen (secondary N) is 1. The van der Waals surface area contributed by atoms with Crippen LogP contribution in [0.3, 0.4) is 0 Å². The van der Waals surface area contributed by atoms with E-state index in [0.717, 1.165) is 0 Å². The van der Waals surface area contributed by atoms with Gasteiger partial charge in [-0.3, -0.25) is 4.79 Å². The third kappa shape index (κ3) is 4.03. The summed E-state index contributed by atoms with van der Waals surface area (Å²) in [6.07, 6.45) is 0. The molecule has 0 heterocycles. The molecule has 24 heavy (non-hydrogen) atoms. The summed E-state index contributed by atoms with van der Waals surface area (Å²) < 4.78 is 23.7. The number of rotatable bonds is 4. The second-order valence-electron chi connectivity index (χ2n) is 4.67. The fraction of sp³-hybridized carbons (Fsp3) is 0. The maximum atomic E-state index is 12.8. The van der Waals surface area contributed by atoms with E-state index in [0.29, 0.717) is 0 Å². The molecule has 0 amide bonds. The number of benzene rings is 2. The predicted octanol–water partition coefficient (Wildman–Crippen LogP) is 2.53. The van der Waals surface area contributed by atoms with E-state index in [9.17, 15) is 13.2 Å². The van der Waals surface area contributed by atoms with Crippen molar-refractivity contribution in [3.05, 3.63) is 57.6 Å². The van der Waals surface area contributed by atoms with Crippen molar-refractivity contribution in [2.45, 2.75) is 4.90 Å². The highest BCUT2D eigenvalue weighted by molar-refractivity contribution is 7.89. The first-order valence-corrected chi connectivity index (χ1v) is 9.04. The number of sulfonamides is 1. The van der Waals surface area contributed by atoms with E-state index < -0.39 is 15.8 Å². The molecule has 0 fully saturated rings. The lowest BCUT2D eigenvalue weighted by Crippen LogP contribution is -2.23. The van der Waals surface area contributed by atoms with Crippen molar-refractivity contribution in [1.82, 2.24) is 0 Å². The highest BCUT2D eigenvalue weighted by atomic mass is 35.5. The summed E-state index contributed by atoms with van der Waals surface area (Å²) in [6.45, 7) is 0. The molecule has 0 aliphatic carbocycles. The summed E-state index contributed by atoms with van der Waals surface area (Å²) in [5, 5.41) is 8.06. The van der Waals surface area contributed by atoms with Gasteiger partial charge in [-0.2, -0.15) is 0 Å². The third-order valence-electron chi connectivity index (χ3n) is 3.00. The lowest BCUT2D eigenvalue weighted by molar-refractivity contribution is 0.103. The molecule has 0 aliphatic heterocycles. The van der Waals surface area contributed by atoms with Gasteiger partial charge in [-0.05, 0) is 42.5 Å². The van der Waals surface area contributed by atoms with Gasteiger partial charge >= 0.3 is 0 Å². The first kappa shape index (κ1) is 18.6. The standard InChI is InChI=1S/C14H11Cl2N3O3S2/c15-8-5-4-7(6-9(8)16)13(20)12-10(19-14(17)23)2-1-3-11(12)24(18,21)22/h1-6H,(H3,17,19,23)(H2,18,21,22). The molecular weight excluding hydrogens is 393 g/mol. The Morgan fingerprint density at radius 1 is 1.12 bits per heavy atom. The number of halogens is 2. The summed E-state index contributed by atoms with van der Waals surface area (Å²) >= 11 is 16.5.